The van der Waals surface area contributed by atoms with Crippen molar-refractivity contribution in [2.45, 2.75) is 76.9 Å². The van der Waals surface area contributed by atoms with Gasteiger partial charge in [0.25, 0.3) is 0 Å². The van der Waals surface area contributed by atoms with Gasteiger partial charge in [-0.2, -0.15) is 4.39 Å². The van der Waals surface area contributed by atoms with Gasteiger partial charge in [0.15, 0.2) is 10.7 Å². The number of aliphatic hydroxyl groups is 1. The van der Waals surface area contributed by atoms with Crippen LogP contribution in [-0.2, 0) is 31.1 Å². The standard InChI is InChI=1S/C24H33FN2OS.C6H8O7/c1-18-4-7-20(14-26-18)23(2,3)27-13-12-24(16-27,17-28-15-19-5-6-19)11-10-21-8-9-22(25)29-21;7-3(8)1-6(13,5(11)12)2-4(9)10/h4,7-9,14,19H,5-6,10-13,15-17H2,1-3H3;13H,1-2H2,(H,7,8)(H,9,10)(H,11,12)/t24-;/m1./s1. The van der Waals surface area contributed by atoms with Crippen molar-refractivity contribution >= 4 is 29.2 Å². The van der Waals surface area contributed by atoms with Crippen molar-refractivity contribution in [1.82, 2.24) is 9.88 Å². The normalized spacial score (nSPS) is 19.3. The summed E-state index contributed by atoms with van der Waals surface area (Å²) < 4.78 is 19.6. The average Bonchev–Trinajstić information content (AvgIpc) is 3.45. The number of aryl methyl sites for hydroxylation is 2. The Morgan fingerprint density at radius 1 is 1.12 bits per heavy atom. The van der Waals surface area contributed by atoms with Crippen molar-refractivity contribution < 1.29 is 43.9 Å². The third-order valence-corrected chi connectivity index (χ3v) is 9.05. The zero-order valence-electron chi connectivity index (χ0n) is 24.3. The summed E-state index contributed by atoms with van der Waals surface area (Å²) in [7, 11) is 0. The van der Waals surface area contributed by atoms with Gasteiger partial charge < -0.3 is 25.2 Å². The first-order valence-electron chi connectivity index (χ1n) is 14.0. The largest absolute Gasteiger partial charge is 0.481 e. The fourth-order valence-electron chi connectivity index (χ4n) is 5.13. The molecule has 1 aliphatic heterocycles. The zero-order chi connectivity index (χ0) is 31.1. The molecule has 0 unspecified atom stereocenters. The Morgan fingerprint density at radius 2 is 1.79 bits per heavy atom. The van der Waals surface area contributed by atoms with E-state index < -0.39 is 36.4 Å². The second-order valence-electron chi connectivity index (χ2n) is 12.1. The second kappa shape index (κ2) is 14.0. The molecule has 0 spiro atoms. The van der Waals surface area contributed by atoms with Gasteiger partial charge in [-0.05, 0) is 89.1 Å². The van der Waals surface area contributed by atoms with Crippen LogP contribution in [0.5, 0.6) is 0 Å². The molecule has 2 aromatic heterocycles. The average molecular weight is 609 g/mol. The van der Waals surface area contributed by atoms with E-state index in [2.05, 4.69) is 35.9 Å². The number of aromatic nitrogens is 1. The number of thiophene rings is 1. The quantitative estimate of drug-likeness (QED) is 0.243. The molecule has 0 amide bonds. The number of carboxylic acid groups (broad SMARTS) is 3. The molecular formula is C30H41FN2O8S. The van der Waals surface area contributed by atoms with Crippen molar-refractivity contribution in [2.24, 2.45) is 11.3 Å². The second-order valence-corrected chi connectivity index (χ2v) is 13.2. The van der Waals surface area contributed by atoms with E-state index in [-0.39, 0.29) is 16.1 Å². The Morgan fingerprint density at radius 3 is 2.29 bits per heavy atom. The summed E-state index contributed by atoms with van der Waals surface area (Å²) in [5.41, 5.74) is -0.341. The van der Waals surface area contributed by atoms with Gasteiger partial charge in [0.1, 0.15) is 0 Å². The molecule has 1 saturated heterocycles. The van der Waals surface area contributed by atoms with Crippen LogP contribution >= 0.6 is 11.3 Å². The molecule has 2 aliphatic rings. The molecule has 4 N–H and O–H groups in total. The smallest absolute Gasteiger partial charge is 0.336 e. The van der Waals surface area contributed by atoms with Crippen LogP contribution < -0.4 is 0 Å². The van der Waals surface area contributed by atoms with E-state index in [4.69, 9.17) is 25.2 Å². The lowest BCUT2D eigenvalue weighted by Gasteiger charge is -2.38. The molecule has 2 fully saturated rings. The van der Waals surface area contributed by atoms with Gasteiger partial charge in [0, 0.05) is 40.9 Å². The predicted octanol–water partition coefficient (Wildman–Crippen LogP) is 4.33. The molecule has 2 aromatic rings. The van der Waals surface area contributed by atoms with Crippen molar-refractivity contribution in [1.29, 1.82) is 0 Å². The van der Waals surface area contributed by atoms with Crippen molar-refractivity contribution in [2.75, 3.05) is 26.3 Å². The summed E-state index contributed by atoms with van der Waals surface area (Å²) >= 11 is 1.28. The van der Waals surface area contributed by atoms with Gasteiger partial charge in [-0.25, -0.2) is 4.79 Å². The summed E-state index contributed by atoms with van der Waals surface area (Å²) in [5, 5.41) is 33.7. The number of ether oxygens (including phenoxy) is 1. The maximum absolute atomic E-state index is 13.4. The van der Waals surface area contributed by atoms with E-state index in [0.29, 0.717) is 0 Å². The number of hydrogen-bond donors (Lipinski definition) is 4. The maximum Gasteiger partial charge on any atom is 0.336 e. The first-order valence-corrected chi connectivity index (χ1v) is 14.9. The van der Waals surface area contributed by atoms with Crippen LogP contribution in [0.4, 0.5) is 4.39 Å². The molecule has 3 heterocycles. The number of carboxylic acids is 3. The first-order chi connectivity index (χ1) is 19.6. The van der Waals surface area contributed by atoms with Gasteiger partial charge in [-0.1, -0.05) is 6.07 Å². The monoisotopic (exact) mass is 608 g/mol. The topological polar surface area (TPSA) is 157 Å². The Balaban J connectivity index is 0.000000316. The summed E-state index contributed by atoms with van der Waals surface area (Å²) in [4.78, 5) is 38.7. The third kappa shape index (κ3) is 9.55. The minimum Gasteiger partial charge on any atom is -0.481 e. The number of hydrogen-bond acceptors (Lipinski definition) is 8. The number of likely N-dealkylation sites (tertiary alicyclic amines) is 1. The molecule has 1 atom stereocenters. The molecule has 0 aromatic carbocycles. The van der Waals surface area contributed by atoms with Crippen LogP contribution in [0.15, 0.2) is 30.5 Å². The van der Waals surface area contributed by atoms with Gasteiger partial charge >= 0.3 is 17.9 Å². The Hall–Kier alpha value is -2.93. The highest BCUT2D eigenvalue weighted by Gasteiger charge is 2.44. The molecule has 12 heteroatoms. The molecule has 0 bridgehead atoms. The Labute approximate surface area is 249 Å². The number of pyridine rings is 1. The van der Waals surface area contributed by atoms with Crippen LogP contribution in [-0.4, -0.2) is 80.1 Å². The highest BCUT2D eigenvalue weighted by Crippen LogP contribution is 2.42. The summed E-state index contributed by atoms with van der Waals surface area (Å²) in [5.74, 6) is -4.24. The van der Waals surface area contributed by atoms with Gasteiger partial charge in [0.05, 0.1) is 19.4 Å². The van der Waals surface area contributed by atoms with Crippen LogP contribution in [0.3, 0.4) is 0 Å². The van der Waals surface area contributed by atoms with E-state index in [1.54, 1.807) is 6.07 Å². The van der Waals surface area contributed by atoms with E-state index >= 15 is 0 Å². The summed E-state index contributed by atoms with van der Waals surface area (Å²) in [6.45, 7) is 10.4. The highest BCUT2D eigenvalue weighted by atomic mass is 32.1. The summed E-state index contributed by atoms with van der Waals surface area (Å²) in [6.07, 6.45) is 5.49. The Bertz CT molecular complexity index is 1210. The molecule has 1 saturated carbocycles. The number of nitrogens with zero attached hydrogens (tertiary/aromatic N) is 2. The SMILES string of the molecule is Cc1ccc(C(C)(C)N2CC[C@@](CCc3ccc(F)s3)(COCC3CC3)C2)cn1.O=C(O)CC(O)(CC(=O)O)C(=O)O. The van der Waals surface area contributed by atoms with E-state index in [1.807, 2.05) is 19.2 Å². The zero-order valence-corrected chi connectivity index (χ0v) is 25.2. The minimum absolute atomic E-state index is 0.0615. The lowest BCUT2D eigenvalue weighted by Crippen LogP contribution is -2.42. The molecule has 10 nitrogen and oxygen atoms in total. The lowest BCUT2D eigenvalue weighted by molar-refractivity contribution is -0.170. The molecular weight excluding hydrogens is 567 g/mol. The number of carbonyl (C=O) groups is 3. The molecule has 42 heavy (non-hydrogen) atoms. The summed E-state index contributed by atoms with van der Waals surface area (Å²) in [6, 6.07) is 7.84. The minimum atomic E-state index is -2.74. The number of rotatable bonds is 14. The Kier molecular flexibility index (Phi) is 11.2. The van der Waals surface area contributed by atoms with E-state index in [9.17, 15) is 18.8 Å². The van der Waals surface area contributed by atoms with Crippen LogP contribution in [0.25, 0.3) is 0 Å². The van der Waals surface area contributed by atoms with Crippen molar-refractivity contribution in [3.8, 4) is 0 Å². The van der Waals surface area contributed by atoms with E-state index in [0.717, 1.165) is 62.1 Å². The fraction of sp³-hybridized carbons (Fsp3) is 0.600. The highest BCUT2D eigenvalue weighted by molar-refractivity contribution is 7.10. The maximum atomic E-state index is 13.4. The number of aliphatic carboxylic acids is 3. The predicted molar refractivity (Wildman–Crippen MR) is 154 cm³/mol. The molecule has 0 radical (unpaired) electrons. The van der Waals surface area contributed by atoms with Crippen LogP contribution in [0.2, 0.25) is 0 Å². The molecule has 4 rings (SSSR count). The lowest BCUT2D eigenvalue weighted by atomic mass is 9.82. The van der Waals surface area contributed by atoms with E-state index in [1.165, 1.54) is 29.7 Å². The van der Waals surface area contributed by atoms with Gasteiger partial charge in [-0.15, -0.1) is 11.3 Å². The van der Waals surface area contributed by atoms with Crippen molar-refractivity contribution in [3.05, 3.63) is 51.7 Å². The van der Waals surface area contributed by atoms with Crippen molar-refractivity contribution in [3.63, 3.8) is 0 Å². The first kappa shape index (κ1) is 33.6. The molecule has 232 valence electrons. The number of halogens is 1. The fourth-order valence-corrected chi connectivity index (χ4v) is 5.86. The van der Waals surface area contributed by atoms with Gasteiger partial charge in [-0.3, -0.25) is 19.5 Å². The van der Waals surface area contributed by atoms with Gasteiger partial charge in [0.2, 0.25) is 0 Å². The third-order valence-electron chi connectivity index (χ3n) is 8.12. The van der Waals surface area contributed by atoms with Crippen LogP contribution in [0, 0.1) is 23.4 Å². The van der Waals surface area contributed by atoms with Crippen LogP contribution in [0.1, 0.15) is 68.5 Å². The molecule has 1 aliphatic carbocycles.